The van der Waals surface area contributed by atoms with E-state index < -0.39 is 0 Å². The standard InChI is InChI=1S/C23H21N5O2S/c1-3-11-28-22(16-8-6-7-15(2)12-16)26-27-23(28)31-14-20(29)25-21-17-9-4-5-10-18(17)30-19(21)13-24/h4-10,12H,3,11,14H2,1-2H3,(H,25,29). The highest BCUT2D eigenvalue weighted by Gasteiger charge is 2.18. The van der Waals surface area contributed by atoms with Crippen LogP contribution < -0.4 is 5.32 Å². The molecule has 0 spiro atoms. The number of benzene rings is 2. The van der Waals surface area contributed by atoms with E-state index in [9.17, 15) is 10.1 Å². The second kappa shape index (κ2) is 9.06. The third-order valence-corrected chi connectivity index (χ3v) is 5.70. The van der Waals surface area contributed by atoms with E-state index in [0.29, 0.717) is 21.8 Å². The number of rotatable bonds is 7. The Hall–Kier alpha value is -3.57. The van der Waals surface area contributed by atoms with Gasteiger partial charge in [-0.1, -0.05) is 54.6 Å². The minimum Gasteiger partial charge on any atom is -0.443 e. The Morgan fingerprint density at radius 1 is 1.23 bits per heavy atom. The zero-order valence-electron chi connectivity index (χ0n) is 17.3. The molecule has 4 rings (SSSR count). The summed E-state index contributed by atoms with van der Waals surface area (Å²) in [6.07, 6.45) is 0.920. The highest BCUT2D eigenvalue weighted by Crippen LogP contribution is 2.31. The number of carbonyl (C=O) groups is 1. The summed E-state index contributed by atoms with van der Waals surface area (Å²) >= 11 is 1.32. The molecule has 0 unspecified atom stereocenters. The predicted molar refractivity (Wildman–Crippen MR) is 121 cm³/mol. The number of hydrogen-bond acceptors (Lipinski definition) is 6. The first kappa shape index (κ1) is 20.7. The lowest BCUT2D eigenvalue weighted by atomic mass is 10.1. The fraction of sp³-hybridized carbons (Fsp3) is 0.217. The van der Waals surface area contributed by atoms with Crippen molar-refractivity contribution < 1.29 is 9.21 Å². The molecule has 0 bridgehead atoms. The van der Waals surface area contributed by atoms with Crippen LogP contribution in [0.25, 0.3) is 22.4 Å². The number of para-hydroxylation sites is 1. The van der Waals surface area contributed by atoms with Crippen LogP contribution in [-0.2, 0) is 11.3 Å². The summed E-state index contributed by atoms with van der Waals surface area (Å²) in [7, 11) is 0. The van der Waals surface area contributed by atoms with Crippen molar-refractivity contribution in [2.24, 2.45) is 0 Å². The first-order valence-corrected chi connectivity index (χ1v) is 10.9. The number of nitrogens with one attached hydrogen (secondary N) is 1. The number of anilines is 1. The first-order valence-electron chi connectivity index (χ1n) is 9.95. The number of carbonyl (C=O) groups excluding carboxylic acids is 1. The van der Waals surface area contributed by atoms with E-state index in [1.54, 1.807) is 6.07 Å². The largest absolute Gasteiger partial charge is 0.443 e. The van der Waals surface area contributed by atoms with Crippen molar-refractivity contribution in [2.45, 2.75) is 32.0 Å². The van der Waals surface area contributed by atoms with Crippen molar-refractivity contribution >= 4 is 34.3 Å². The van der Waals surface area contributed by atoms with Crippen molar-refractivity contribution in [3.8, 4) is 17.5 Å². The molecule has 0 aliphatic rings. The molecular weight excluding hydrogens is 410 g/mol. The molecular formula is C23H21N5O2S. The first-order chi connectivity index (χ1) is 15.1. The van der Waals surface area contributed by atoms with Crippen LogP contribution in [0.3, 0.4) is 0 Å². The van der Waals surface area contributed by atoms with Crippen LogP contribution in [-0.4, -0.2) is 26.4 Å². The lowest BCUT2D eigenvalue weighted by Crippen LogP contribution is -2.15. The predicted octanol–water partition coefficient (Wildman–Crippen LogP) is 5.01. The molecule has 0 fully saturated rings. The van der Waals surface area contributed by atoms with Crippen LogP contribution in [0.5, 0.6) is 0 Å². The van der Waals surface area contributed by atoms with E-state index in [2.05, 4.69) is 28.5 Å². The summed E-state index contributed by atoms with van der Waals surface area (Å²) < 4.78 is 7.56. The average Bonchev–Trinajstić information content (AvgIpc) is 3.34. The minimum atomic E-state index is -0.240. The number of amides is 1. The maximum atomic E-state index is 12.6. The lowest BCUT2D eigenvalue weighted by Gasteiger charge is -2.09. The van der Waals surface area contributed by atoms with Crippen LogP contribution in [0.15, 0.2) is 58.1 Å². The second-order valence-electron chi connectivity index (χ2n) is 7.08. The Kier molecular flexibility index (Phi) is 6.05. The van der Waals surface area contributed by atoms with Gasteiger partial charge in [0.2, 0.25) is 11.7 Å². The lowest BCUT2D eigenvalue weighted by molar-refractivity contribution is -0.113. The monoisotopic (exact) mass is 431 g/mol. The van der Waals surface area contributed by atoms with Crippen molar-refractivity contribution in [2.75, 3.05) is 11.1 Å². The maximum absolute atomic E-state index is 12.6. The Morgan fingerprint density at radius 2 is 2.06 bits per heavy atom. The van der Waals surface area contributed by atoms with Crippen LogP contribution in [0.1, 0.15) is 24.7 Å². The smallest absolute Gasteiger partial charge is 0.234 e. The van der Waals surface area contributed by atoms with Gasteiger partial charge in [-0.3, -0.25) is 4.79 Å². The highest BCUT2D eigenvalue weighted by molar-refractivity contribution is 7.99. The molecule has 156 valence electrons. The fourth-order valence-corrected chi connectivity index (χ4v) is 4.14. The molecule has 2 aromatic carbocycles. The van der Waals surface area contributed by atoms with Crippen LogP contribution in [0.4, 0.5) is 5.69 Å². The third-order valence-electron chi connectivity index (χ3n) is 4.73. The van der Waals surface area contributed by atoms with Gasteiger partial charge in [0.25, 0.3) is 0 Å². The number of nitriles is 1. The average molecular weight is 432 g/mol. The van der Waals surface area contributed by atoms with Crippen molar-refractivity contribution in [3.63, 3.8) is 0 Å². The van der Waals surface area contributed by atoms with Crippen molar-refractivity contribution in [3.05, 3.63) is 59.9 Å². The molecule has 31 heavy (non-hydrogen) atoms. The Balaban J connectivity index is 1.52. The van der Waals surface area contributed by atoms with E-state index in [4.69, 9.17) is 4.42 Å². The van der Waals surface area contributed by atoms with Crippen LogP contribution >= 0.6 is 11.8 Å². The molecule has 1 N–H and O–H groups in total. The zero-order valence-corrected chi connectivity index (χ0v) is 18.1. The summed E-state index contributed by atoms with van der Waals surface area (Å²) in [6.45, 7) is 4.89. The van der Waals surface area contributed by atoms with Crippen molar-refractivity contribution in [1.82, 2.24) is 14.8 Å². The summed E-state index contributed by atoms with van der Waals surface area (Å²) in [4.78, 5) is 12.6. The molecule has 0 atom stereocenters. The topological polar surface area (TPSA) is 96.7 Å². The second-order valence-corrected chi connectivity index (χ2v) is 8.02. The van der Waals surface area contributed by atoms with Gasteiger partial charge in [-0.2, -0.15) is 5.26 Å². The molecule has 0 radical (unpaired) electrons. The third kappa shape index (κ3) is 4.32. The quantitative estimate of drug-likeness (QED) is 0.413. The normalized spacial score (nSPS) is 10.9. The molecule has 4 aromatic rings. The molecule has 0 aliphatic heterocycles. The Morgan fingerprint density at radius 3 is 2.84 bits per heavy atom. The number of nitrogens with zero attached hydrogens (tertiary/aromatic N) is 4. The molecule has 0 saturated carbocycles. The number of hydrogen-bond donors (Lipinski definition) is 1. The maximum Gasteiger partial charge on any atom is 0.234 e. The molecule has 0 saturated heterocycles. The molecule has 1 amide bonds. The van der Waals surface area contributed by atoms with E-state index in [0.717, 1.165) is 29.9 Å². The van der Waals surface area contributed by atoms with E-state index in [1.807, 2.05) is 54.0 Å². The summed E-state index contributed by atoms with van der Waals surface area (Å²) in [5, 5.41) is 22.2. The molecule has 0 aliphatic carbocycles. The van der Waals surface area contributed by atoms with Gasteiger partial charge in [0.15, 0.2) is 11.0 Å². The molecule has 2 aromatic heterocycles. The summed E-state index contributed by atoms with van der Waals surface area (Å²) in [5.74, 6) is 0.785. The highest BCUT2D eigenvalue weighted by atomic mass is 32.2. The van der Waals surface area contributed by atoms with E-state index in [1.165, 1.54) is 11.8 Å². The fourth-order valence-electron chi connectivity index (χ4n) is 3.37. The zero-order chi connectivity index (χ0) is 21.8. The summed E-state index contributed by atoms with van der Waals surface area (Å²) in [6, 6.07) is 17.4. The van der Waals surface area contributed by atoms with Crippen molar-refractivity contribution in [1.29, 1.82) is 5.26 Å². The van der Waals surface area contributed by atoms with Crippen LogP contribution in [0, 0.1) is 18.3 Å². The van der Waals surface area contributed by atoms with Gasteiger partial charge < -0.3 is 14.3 Å². The number of aromatic nitrogens is 3. The van der Waals surface area contributed by atoms with Gasteiger partial charge >= 0.3 is 0 Å². The Bertz CT molecular complexity index is 1280. The van der Waals surface area contributed by atoms with Crippen LogP contribution in [0.2, 0.25) is 0 Å². The van der Waals surface area contributed by atoms with Gasteiger partial charge in [0, 0.05) is 17.5 Å². The van der Waals surface area contributed by atoms with Gasteiger partial charge in [0.1, 0.15) is 17.3 Å². The van der Waals surface area contributed by atoms with E-state index >= 15 is 0 Å². The SMILES string of the molecule is CCCn1c(SCC(=O)Nc2c(C#N)oc3ccccc23)nnc1-c1cccc(C)c1. The van der Waals surface area contributed by atoms with Gasteiger partial charge in [-0.05, 0) is 31.5 Å². The molecule has 8 heteroatoms. The molecule has 2 heterocycles. The van der Waals surface area contributed by atoms with Gasteiger partial charge in [0.05, 0.1) is 5.75 Å². The number of aryl methyl sites for hydroxylation is 1. The number of fused-ring (bicyclic) bond motifs is 1. The number of thioether (sulfide) groups is 1. The molecule has 7 nitrogen and oxygen atoms in total. The number of furan rings is 1. The van der Waals surface area contributed by atoms with E-state index in [-0.39, 0.29) is 17.4 Å². The van der Waals surface area contributed by atoms with Gasteiger partial charge in [-0.15, -0.1) is 10.2 Å². The minimum absolute atomic E-state index is 0.0930. The Labute approximate surface area is 184 Å². The van der Waals surface area contributed by atoms with Gasteiger partial charge in [-0.25, -0.2) is 0 Å². The summed E-state index contributed by atoms with van der Waals surface area (Å²) in [5.41, 5.74) is 3.12.